The molecule has 0 aliphatic heterocycles. The SMILES string of the molecule is Cc1ccc2ccccc2c1-[n+]1cccc2ccccc21. The number of hydrogen-bond donors (Lipinski definition) is 0. The second-order valence-corrected chi connectivity index (χ2v) is 5.39. The first kappa shape index (κ1) is 12.1. The molecule has 100 valence electrons. The molecule has 4 rings (SSSR count). The molecule has 1 nitrogen and oxygen atoms in total. The van der Waals surface area contributed by atoms with E-state index in [4.69, 9.17) is 0 Å². The Morgan fingerprint density at radius 1 is 0.667 bits per heavy atom. The molecule has 0 spiro atoms. The maximum absolute atomic E-state index is 2.30. The van der Waals surface area contributed by atoms with Crippen LogP contribution < -0.4 is 4.57 Å². The van der Waals surface area contributed by atoms with Gasteiger partial charge in [0, 0.05) is 23.1 Å². The van der Waals surface area contributed by atoms with Crippen LogP contribution in [0, 0.1) is 6.92 Å². The van der Waals surface area contributed by atoms with Gasteiger partial charge in [0.05, 0.1) is 5.39 Å². The van der Waals surface area contributed by atoms with Crippen LogP contribution in [0.4, 0.5) is 0 Å². The number of pyridine rings is 1. The Labute approximate surface area is 124 Å². The summed E-state index contributed by atoms with van der Waals surface area (Å²) in [5.41, 5.74) is 3.79. The van der Waals surface area contributed by atoms with Gasteiger partial charge in [-0.25, -0.2) is 0 Å². The molecule has 3 aromatic carbocycles. The van der Waals surface area contributed by atoms with E-state index >= 15 is 0 Å². The molecule has 1 heterocycles. The molecule has 0 amide bonds. The molecular formula is C20H16N+. The Morgan fingerprint density at radius 3 is 2.29 bits per heavy atom. The zero-order valence-electron chi connectivity index (χ0n) is 12.0. The predicted octanol–water partition coefficient (Wildman–Crippen LogP) is 4.58. The van der Waals surface area contributed by atoms with Gasteiger partial charge in [-0.15, -0.1) is 0 Å². The van der Waals surface area contributed by atoms with Crippen molar-refractivity contribution in [1.82, 2.24) is 0 Å². The number of rotatable bonds is 1. The van der Waals surface area contributed by atoms with Crippen molar-refractivity contribution in [3.05, 3.63) is 84.6 Å². The molecule has 4 aromatic rings. The van der Waals surface area contributed by atoms with E-state index < -0.39 is 0 Å². The fourth-order valence-corrected chi connectivity index (χ4v) is 3.04. The number of hydrogen-bond acceptors (Lipinski definition) is 0. The molecule has 0 bridgehead atoms. The summed E-state index contributed by atoms with van der Waals surface area (Å²) in [5, 5.41) is 3.82. The quantitative estimate of drug-likeness (QED) is 0.446. The zero-order chi connectivity index (χ0) is 14.2. The van der Waals surface area contributed by atoms with Crippen molar-refractivity contribution < 1.29 is 4.57 Å². The summed E-state index contributed by atoms with van der Waals surface area (Å²) in [7, 11) is 0. The minimum absolute atomic E-state index is 1.24. The van der Waals surface area contributed by atoms with Crippen molar-refractivity contribution in [2.24, 2.45) is 0 Å². The Balaban J connectivity index is 2.16. The Kier molecular flexibility index (Phi) is 2.71. The van der Waals surface area contributed by atoms with Crippen molar-refractivity contribution >= 4 is 21.7 Å². The van der Waals surface area contributed by atoms with Crippen LogP contribution in [0.3, 0.4) is 0 Å². The van der Waals surface area contributed by atoms with Gasteiger partial charge in [-0.3, -0.25) is 0 Å². The Hall–Kier alpha value is -2.67. The van der Waals surface area contributed by atoms with Gasteiger partial charge >= 0.3 is 0 Å². The maximum atomic E-state index is 2.30. The maximum Gasteiger partial charge on any atom is 0.221 e. The normalized spacial score (nSPS) is 11.1. The van der Waals surface area contributed by atoms with E-state index in [1.165, 1.54) is 32.9 Å². The monoisotopic (exact) mass is 270 g/mol. The van der Waals surface area contributed by atoms with Gasteiger partial charge in [0.25, 0.3) is 0 Å². The van der Waals surface area contributed by atoms with Crippen LogP contribution >= 0.6 is 0 Å². The molecule has 0 saturated heterocycles. The summed E-state index contributed by atoms with van der Waals surface area (Å²) in [6.45, 7) is 2.18. The molecular weight excluding hydrogens is 254 g/mol. The van der Waals surface area contributed by atoms with E-state index in [0.29, 0.717) is 0 Å². The molecule has 0 aliphatic carbocycles. The van der Waals surface area contributed by atoms with Crippen molar-refractivity contribution in [1.29, 1.82) is 0 Å². The average molecular weight is 270 g/mol. The highest BCUT2D eigenvalue weighted by Gasteiger charge is 2.17. The topological polar surface area (TPSA) is 3.88 Å². The lowest BCUT2D eigenvalue weighted by molar-refractivity contribution is -0.566. The van der Waals surface area contributed by atoms with Gasteiger partial charge in [0.1, 0.15) is 0 Å². The molecule has 0 N–H and O–H groups in total. The lowest BCUT2D eigenvalue weighted by atomic mass is 10.0. The Bertz CT molecular complexity index is 949. The number of nitrogens with zero attached hydrogens (tertiary/aromatic N) is 1. The van der Waals surface area contributed by atoms with Gasteiger partial charge in [-0.05, 0) is 30.5 Å². The van der Waals surface area contributed by atoms with E-state index in [1.807, 2.05) is 0 Å². The van der Waals surface area contributed by atoms with Crippen LogP contribution in [0.2, 0.25) is 0 Å². The van der Waals surface area contributed by atoms with E-state index in [0.717, 1.165) is 0 Å². The summed E-state index contributed by atoms with van der Waals surface area (Å²) < 4.78 is 2.30. The highest BCUT2D eigenvalue weighted by atomic mass is 15.0. The smallest absolute Gasteiger partial charge is 0.159 e. The highest BCUT2D eigenvalue weighted by molar-refractivity contribution is 5.90. The van der Waals surface area contributed by atoms with Crippen molar-refractivity contribution in [3.8, 4) is 5.69 Å². The van der Waals surface area contributed by atoms with Crippen LogP contribution in [0.1, 0.15) is 5.56 Å². The van der Waals surface area contributed by atoms with Crippen LogP contribution in [0.5, 0.6) is 0 Å². The van der Waals surface area contributed by atoms with E-state index in [1.54, 1.807) is 0 Å². The van der Waals surface area contributed by atoms with Gasteiger partial charge in [0.15, 0.2) is 6.20 Å². The zero-order valence-corrected chi connectivity index (χ0v) is 12.0. The average Bonchev–Trinajstić information content (AvgIpc) is 2.54. The molecule has 0 fully saturated rings. The lowest BCUT2D eigenvalue weighted by Crippen LogP contribution is -2.32. The van der Waals surface area contributed by atoms with Crippen molar-refractivity contribution in [3.63, 3.8) is 0 Å². The van der Waals surface area contributed by atoms with Crippen LogP contribution in [-0.4, -0.2) is 0 Å². The highest BCUT2D eigenvalue weighted by Crippen LogP contribution is 2.23. The van der Waals surface area contributed by atoms with Crippen LogP contribution in [0.25, 0.3) is 27.4 Å². The number of para-hydroxylation sites is 1. The van der Waals surface area contributed by atoms with E-state index in [9.17, 15) is 0 Å². The van der Waals surface area contributed by atoms with E-state index in [-0.39, 0.29) is 0 Å². The van der Waals surface area contributed by atoms with Crippen molar-refractivity contribution in [2.75, 3.05) is 0 Å². The number of benzene rings is 3. The van der Waals surface area contributed by atoms with Crippen LogP contribution in [0.15, 0.2) is 79.0 Å². The standard InChI is InChI=1S/C20H16N/c1-15-12-13-16-7-2-4-10-18(16)20(15)21-14-6-9-17-8-3-5-11-19(17)21/h2-14H,1H3/q+1. The summed E-state index contributed by atoms with van der Waals surface area (Å²) in [6, 6.07) is 25.8. The van der Waals surface area contributed by atoms with Gasteiger partial charge in [0.2, 0.25) is 11.2 Å². The molecule has 0 saturated carbocycles. The first-order chi connectivity index (χ1) is 10.3. The summed E-state index contributed by atoms with van der Waals surface area (Å²) in [5.74, 6) is 0. The summed E-state index contributed by atoms with van der Waals surface area (Å²) >= 11 is 0. The number of aromatic nitrogens is 1. The summed E-state index contributed by atoms with van der Waals surface area (Å²) in [6.07, 6.45) is 2.15. The van der Waals surface area contributed by atoms with E-state index in [2.05, 4.69) is 90.5 Å². The third kappa shape index (κ3) is 1.90. The van der Waals surface area contributed by atoms with Gasteiger partial charge < -0.3 is 0 Å². The molecule has 0 aliphatic rings. The molecule has 1 heteroatoms. The Morgan fingerprint density at radius 2 is 1.38 bits per heavy atom. The minimum Gasteiger partial charge on any atom is -0.159 e. The predicted molar refractivity (Wildman–Crippen MR) is 87.7 cm³/mol. The third-order valence-corrected chi connectivity index (χ3v) is 4.05. The first-order valence-corrected chi connectivity index (χ1v) is 7.23. The second kappa shape index (κ2) is 4.71. The first-order valence-electron chi connectivity index (χ1n) is 7.23. The molecule has 0 radical (unpaired) electrons. The fraction of sp³-hybridized carbons (Fsp3) is 0.0500. The van der Waals surface area contributed by atoms with Gasteiger partial charge in [-0.1, -0.05) is 42.5 Å². The number of fused-ring (bicyclic) bond motifs is 2. The third-order valence-electron chi connectivity index (χ3n) is 4.05. The van der Waals surface area contributed by atoms with Gasteiger partial charge in [-0.2, -0.15) is 4.57 Å². The molecule has 0 unspecified atom stereocenters. The van der Waals surface area contributed by atoms with Crippen LogP contribution in [-0.2, 0) is 0 Å². The largest absolute Gasteiger partial charge is 0.221 e. The lowest BCUT2D eigenvalue weighted by Gasteiger charge is -2.07. The summed E-state index contributed by atoms with van der Waals surface area (Å²) in [4.78, 5) is 0. The van der Waals surface area contributed by atoms with Crippen molar-refractivity contribution in [2.45, 2.75) is 6.92 Å². The minimum atomic E-state index is 1.24. The molecule has 1 aromatic heterocycles. The molecule has 0 atom stereocenters. The number of aryl methyl sites for hydroxylation is 1. The second-order valence-electron chi connectivity index (χ2n) is 5.39. The fourth-order valence-electron chi connectivity index (χ4n) is 3.04. The molecule has 21 heavy (non-hydrogen) atoms.